The molecule has 0 atom stereocenters. The third kappa shape index (κ3) is 3.70. The van der Waals surface area contributed by atoms with Crippen molar-refractivity contribution in [1.29, 1.82) is 0 Å². The minimum Gasteiger partial charge on any atom is -0.268 e. The summed E-state index contributed by atoms with van der Waals surface area (Å²) in [6.45, 7) is 0.384. The summed E-state index contributed by atoms with van der Waals surface area (Å²) < 4.78 is 27.2. The Morgan fingerprint density at radius 1 is 1.21 bits per heavy atom. The first-order valence-corrected chi connectivity index (χ1v) is 9.21. The third-order valence-corrected chi connectivity index (χ3v) is 5.62. The van der Waals surface area contributed by atoms with Gasteiger partial charge in [0.15, 0.2) is 0 Å². The van der Waals surface area contributed by atoms with Crippen molar-refractivity contribution in [1.82, 2.24) is 4.98 Å². The van der Waals surface area contributed by atoms with Gasteiger partial charge >= 0.3 is 0 Å². The first kappa shape index (κ1) is 16.4. The number of aromatic nitrogens is 1. The van der Waals surface area contributed by atoms with E-state index in [1.165, 1.54) is 28.7 Å². The van der Waals surface area contributed by atoms with Gasteiger partial charge in [-0.2, -0.15) is 0 Å². The van der Waals surface area contributed by atoms with Crippen LogP contribution in [0, 0.1) is 16.0 Å². The lowest BCUT2D eigenvalue weighted by Gasteiger charge is -2.24. The number of sulfonamides is 1. The molecule has 0 N–H and O–H groups in total. The molecule has 1 saturated carbocycles. The molecule has 1 aliphatic carbocycles. The predicted octanol–water partition coefficient (Wildman–Crippen LogP) is 2.74. The predicted molar refractivity (Wildman–Crippen MR) is 90.0 cm³/mol. The van der Waals surface area contributed by atoms with Crippen LogP contribution in [0.1, 0.15) is 18.4 Å². The van der Waals surface area contributed by atoms with Crippen molar-refractivity contribution in [2.24, 2.45) is 5.92 Å². The molecule has 1 aromatic carbocycles. The van der Waals surface area contributed by atoms with E-state index >= 15 is 0 Å². The Morgan fingerprint density at radius 3 is 2.58 bits per heavy atom. The van der Waals surface area contributed by atoms with Crippen LogP contribution in [0.15, 0.2) is 48.8 Å². The quantitative estimate of drug-likeness (QED) is 0.567. The number of nitro benzene ring substituents is 1. The Bertz CT molecular complexity index is 835. The lowest BCUT2D eigenvalue weighted by Crippen LogP contribution is -2.34. The summed E-state index contributed by atoms with van der Waals surface area (Å²) in [5.41, 5.74) is 0.494. The molecular weight excluding hydrogens is 330 g/mol. The molecule has 2 aromatic rings. The molecule has 0 aliphatic heterocycles. The molecule has 126 valence electrons. The number of hydrogen-bond acceptors (Lipinski definition) is 5. The molecule has 0 saturated heterocycles. The van der Waals surface area contributed by atoms with Gasteiger partial charge in [0.05, 0.1) is 16.8 Å². The average molecular weight is 347 g/mol. The van der Waals surface area contributed by atoms with Crippen LogP contribution >= 0.6 is 0 Å². The molecule has 1 fully saturated rings. The number of benzene rings is 1. The number of pyridine rings is 1. The van der Waals surface area contributed by atoms with E-state index in [1.54, 1.807) is 24.4 Å². The van der Waals surface area contributed by atoms with Crippen LogP contribution in [0.25, 0.3) is 0 Å². The molecule has 24 heavy (non-hydrogen) atoms. The molecule has 1 heterocycles. The third-order valence-electron chi connectivity index (χ3n) is 3.92. The standard InChI is InChI=1S/C16H17N3O4S/c20-19(21)16-6-2-1-4-14(16)12-24(22,23)18(11-13-7-8-13)15-5-3-9-17-10-15/h1-6,9-10,13H,7-8,11-12H2. The maximum absolute atomic E-state index is 12.9. The highest BCUT2D eigenvalue weighted by Crippen LogP contribution is 2.33. The normalized spacial score (nSPS) is 14.3. The number of para-hydroxylation sites is 1. The highest BCUT2D eigenvalue weighted by atomic mass is 32.2. The van der Waals surface area contributed by atoms with Gasteiger partial charge in [-0.05, 0) is 30.9 Å². The molecule has 0 radical (unpaired) electrons. The fraction of sp³-hybridized carbons (Fsp3) is 0.312. The van der Waals surface area contributed by atoms with Crippen LogP contribution in [0.4, 0.5) is 11.4 Å². The molecule has 1 aliphatic rings. The average Bonchev–Trinajstić information content (AvgIpc) is 3.37. The molecule has 7 nitrogen and oxygen atoms in total. The van der Waals surface area contributed by atoms with Crippen LogP contribution in [0.5, 0.6) is 0 Å². The van der Waals surface area contributed by atoms with E-state index in [2.05, 4.69) is 4.98 Å². The second-order valence-corrected chi connectivity index (χ2v) is 7.72. The molecule has 3 rings (SSSR count). The summed E-state index contributed by atoms with van der Waals surface area (Å²) in [5.74, 6) is -0.0723. The van der Waals surface area contributed by atoms with Gasteiger partial charge in [-0.25, -0.2) is 8.42 Å². The van der Waals surface area contributed by atoms with Crippen LogP contribution in [-0.4, -0.2) is 24.9 Å². The summed E-state index contributed by atoms with van der Waals surface area (Å²) in [6, 6.07) is 9.29. The molecule has 0 amide bonds. The van der Waals surface area contributed by atoms with Crippen LogP contribution < -0.4 is 4.31 Å². The van der Waals surface area contributed by atoms with E-state index < -0.39 is 20.7 Å². The molecule has 0 spiro atoms. The lowest BCUT2D eigenvalue weighted by molar-refractivity contribution is -0.385. The number of anilines is 1. The topological polar surface area (TPSA) is 93.4 Å². The van der Waals surface area contributed by atoms with Gasteiger partial charge in [0, 0.05) is 24.4 Å². The second-order valence-electron chi connectivity index (χ2n) is 5.83. The van der Waals surface area contributed by atoms with E-state index in [1.807, 2.05) is 0 Å². The van der Waals surface area contributed by atoms with Gasteiger partial charge < -0.3 is 0 Å². The van der Waals surface area contributed by atoms with Crippen molar-refractivity contribution in [2.45, 2.75) is 18.6 Å². The molecule has 8 heteroatoms. The Kier molecular flexibility index (Phi) is 4.48. The maximum Gasteiger partial charge on any atom is 0.273 e. The minimum absolute atomic E-state index is 0.182. The van der Waals surface area contributed by atoms with Crippen molar-refractivity contribution < 1.29 is 13.3 Å². The Hall–Kier alpha value is -2.48. The van der Waals surface area contributed by atoms with Gasteiger partial charge in [0.1, 0.15) is 5.75 Å². The molecule has 0 bridgehead atoms. The number of nitro groups is 1. The second kappa shape index (κ2) is 6.56. The van der Waals surface area contributed by atoms with Crippen LogP contribution in [0.2, 0.25) is 0 Å². The zero-order chi connectivity index (χ0) is 17.2. The lowest BCUT2D eigenvalue weighted by atomic mass is 10.2. The maximum atomic E-state index is 12.9. The first-order chi connectivity index (χ1) is 11.5. The largest absolute Gasteiger partial charge is 0.273 e. The van der Waals surface area contributed by atoms with Gasteiger partial charge in [0.2, 0.25) is 10.0 Å². The minimum atomic E-state index is -3.75. The summed E-state index contributed by atoms with van der Waals surface area (Å²) in [6.07, 6.45) is 5.07. The zero-order valence-electron chi connectivity index (χ0n) is 12.9. The van der Waals surface area contributed by atoms with Crippen LogP contribution in [0.3, 0.4) is 0 Å². The Labute approximate surface area is 140 Å². The van der Waals surface area contributed by atoms with Gasteiger partial charge in [-0.15, -0.1) is 0 Å². The Morgan fingerprint density at radius 2 is 1.96 bits per heavy atom. The smallest absolute Gasteiger partial charge is 0.268 e. The summed E-state index contributed by atoms with van der Waals surface area (Å²) in [5, 5.41) is 11.1. The van der Waals surface area contributed by atoms with E-state index in [0.29, 0.717) is 18.2 Å². The summed E-state index contributed by atoms with van der Waals surface area (Å²) in [4.78, 5) is 14.6. The first-order valence-electron chi connectivity index (χ1n) is 7.60. The van der Waals surface area contributed by atoms with Gasteiger partial charge in [-0.3, -0.25) is 19.4 Å². The fourth-order valence-electron chi connectivity index (χ4n) is 2.50. The van der Waals surface area contributed by atoms with E-state index in [4.69, 9.17) is 0 Å². The number of nitrogens with zero attached hydrogens (tertiary/aromatic N) is 3. The molecular formula is C16H17N3O4S. The highest BCUT2D eigenvalue weighted by Gasteiger charge is 2.32. The Balaban J connectivity index is 1.93. The van der Waals surface area contributed by atoms with E-state index in [9.17, 15) is 18.5 Å². The summed E-state index contributed by atoms with van der Waals surface area (Å²) in [7, 11) is -3.75. The highest BCUT2D eigenvalue weighted by molar-refractivity contribution is 7.92. The summed E-state index contributed by atoms with van der Waals surface area (Å²) >= 11 is 0. The zero-order valence-corrected chi connectivity index (χ0v) is 13.7. The van der Waals surface area contributed by atoms with Gasteiger partial charge in [-0.1, -0.05) is 18.2 Å². The van der Waals surface area contributed by atoms with Crippen molar-refractivity contribution in [3.05, 3.63) is 64.5 Å². The van der Waals surface area contributed by atoms with E-state index in [0.717, 1.165) is 12.8 Å². The SMILES string of the molecule is O=[N+]([O-])c1ccccc1CS(=O)(=O)N(CC1CC1)c1cccnc1. The fourth-order valence-corrected chi connectivity index (χ4v) is 4.16. The van der Waals surface area contributed by atoms with Crippen molar-refractivity contribution >= 4 is 21.4 Å². The van der Waals surface area contributed by atoms with Crippen molar-refractivity contribution in [3.8, 4) is 0 Å². The number of hydrogen-bond donors (Lipinski definition) is 0. The van der Waals surface area contributed by atoms with E-state index in [-0.39, 0.29) is 11.3 Å². The van der Waals surface area contributed by atoms with Crippen LogP contribution in [-0.2, 0) is 15.8 Å². The molecule has 1 aromatic heterocycles. The molecule has 0 unspecified atom stereocenters. The van der Waals surface area contributed by atoms with Crippen molar-refractivity contribution in [3.63, 3.8) is 0 Å². The van der Waals surface area contributed by atoms with Gasteiger partial charge in [0.25, 0.3) is 5.69 Å². The number of rotatable bonds is 7. The van der Waals surface area contributed by atoms with Crippen molar-refractivity contribution in [2.75, 3.05) is 10.8 Å². The monoisotopic (exact) mass is 347 g/mol.